The lowest BCUT2D eigenvalue weighted by Gasteiger charge is -2.13. The van der Waals surface area contributed by atoms with Crippen molar-refractivity contribution in [2.45, 2.75) is 19.6 Å². The summed E-state index contributed by atoms with van der Waals surface area (Å²) in [6.07, 6.45) is 0.984. The lowest BCUT2D eigenvalue weighted by molar-refractivity contribution is 0.284. The predicted molar refractivity (Wildman–Crippen MR) is 111 cm³/mol. The fourth-order valence-corrected chi connectivity index (χ4v) is 3.07. The molecule has 28 heavy (non-hydrogen) atoms. The van der Waals surface area contributed by atoms with Crippen LogP contribution in [0.1, 0.15) is 16.7 Å². The minimum atomic E-state index is -0.365. The average Bonchev–Trinajstić information content (AvgIpc) is 2.72. The minimum absolute atomic E-state index is 0.240. The molecule has 0 aliphatic rings. The first-order chi connectivity index (χ1) is 13.7. The standard InChI is InChI=1S/C23H23ClFNO2/c1-27-23-13-18(15-26-12-11-17-5-3-2-4-6-17)7-10-22(23)28-16-19-8-9-20(25)14-21(19)24/h2-10,13-14,26H,11-12,15-16H2,1H3. The van der Waals surface area contributed by atoms with Gasteiger partial charge in [-0.1, -0.05) is 54.1 Å². The third-order valence-electron chi connectivity index (χ3n) is 4.39. The molecule has 0 aromatic heterocycles. The molecule has 1 N–H and O–H groups in total. The Morgan fingerprint density at radius 2 is 1.75 bits per heavy atom. The van der Waals surface area contributed by atoms with Crippen LogP contribution in [0, 0.1) is 5.82 Å². The summed E-state index contributed by atoms with van der Waals surface area (Å²) >= 11 is 6.05. The van der Waals surface area contributed by atoms with Crippen LogP contribution in [0.5, 0.6) is 11.5 Å². The fourth-order valence-electron chi connectivity index (χ4n) is 2.85. The van der Waals surface area contributed by atoms with Gasteiger partial charge in [-0.2, -0.15) is 0 Å². The second-order valence-corrected chi connectivity index (χ2v) is 6.83. The number of benzene rings is 3. The van der Waals surface area contributed by atoms with Gasteiger partial charge in [0.15, 0.2) is 11.5 Å². The van der Waals surface area contributed by atoms with Crippen molar-refractivity contribution < 1.29 is 13.9 Å². The highest BCUT2D eigenvalue weighted by Crippen LogP contribution is 2.29. The minimum Gasteiger partial charge on any atom is -0.493 e. The quantitative estimate of drug-likeness (QED) is 0.489. The fraction of sp³-hybridized carbons (Fsp3) is 0.217. The molecule has 0 saturated carbocycles. The molecule has 0 amide bonds. The van der Waals surface area contributed by atoms with Gasteiger partial charge in [-0.05, 0) is 48.4 Å². The van der Waals surface area contributed by atoms with Crippen molar-refractivity contribution >= 4 is 11.6 Å². The largest absolute Gasteiger partial charge is 0.493 e. The third-order valence-corrected chi connectivity index (χ3v) is 4.74. The molecule has 0 radical (unpaired) electrons. The van der Waals surface area contributed by atoms with E-state index in [-0.39, 0.29) is 12.4 Å². The van der Waals surface area contributed by atoms with E-state index in [1.165, 1.54) is 17.7 Å². The van der Waals surface area contributed by atoms with Gasteiger partial charge in [0.25, 0.3) is 0 Å². The van der Waals surface area contributed by atoms with E-state index in [4.69, 9.17) is 21.1 Å². The Bertz CT molecular complexity index is 902. The van der Waals surface area contributed by atoms with E-state index in [2.05, 4.69) is 29.6 Å². The molecule has 0 aliphatic heterocycles. The van der Waals surface area contributed by atoms with Crippen LogP contribution in [-0.4, -0.2) is 13.7 Å². The summed E-state index contributed by atoms with van der Waals surface area (Å²) in [5.41, 5.74) is 3.14. The third kappa shape index (κ3) is 5.72. The molecule has 0 spiro atoms. The summed E-state index contributed by atoms with van der Waals surface area (Å²) in [4.78, 5) is 0. The van der Waals surface area contributed by atoms with Crippen molar-refractivity contribution in [3.63, 3.8) is 0 Å². The first-order valence-electron chi connectivity index (χ1n) is 9.14. The van der Waals surface area contributed by atoms with Crippen molar-refractivity contribution in [1.29, 1.82) is 0 Å². The van der Waals surface area contributed by atoms with E-state index in [1.54, 1.807) is 13.2 Å². The maximum atomic E-state index is 13.1. The predicted octanol–water partition coefficient (Wildman–Crippen LogP) is 5.40. The summed E-state index contributed by atoms with van der Waals surface area (Å²) in [7, 11) is 1.61. The van der Waals surface area contributed by atoms with Gasteiger partial charge in [0.05, 0.1) is 12.1 Å². The van der Waals surface area contributed by atoms with Gasteiger partial charge in [-0.15, -0.1) is 0 Å². The zero-order valence-corrected chi connectivity index (χ0v) is 16.5. The summed E-state index contributed by atoms with van der Waals surface area (Å²) in [6.45, 7) is 1.88. The smallest absolute Gasteiger partial charge is 0.161 e. The SMILES string of the molecule is COc1cc(CNCCc2ccccc2)ccc1OCc1ccc(F)cc1Cl. The number of rotatable bonds is 9. The Kier molecular flexibility index (Phi) is 7.29. The Balaban J connectivity index is 1.54. The first-order valence-corrected chi connectivity index (χ1v) is 9.52. The van der Waals surface area contributed by atoms with E-state index >= 15 is 0 Å². The lowest BCUT2D eigenvalue weighted by Crippen LogP contribution is -2.16. The molecular weight excluding hydrogens is 377 g/mol. The van der Waals surface area contributed by atoms with Crippen molar-refractivity contribution in [2.75, 3.05) is 13.7 Å². The number of hydrogen-bond acceptors (Lipinski definition) is 3. The van der Waals surface area contributed by atoms with Crippen LogP contribution in [0.25, 0.3) is 0 Å². The maximum absolute atomic E-state index is 13.1. The maximum Gasteiger partial charge on any atom is 0.161 e. The van der Waals surface area contributed by atoms with E-state index in [0.717, 1.165) is 30.6 Å². The zero-order valence-electron chi connectivity index (χ0n) is 15.8. The Morgan fingerprint density at radius 1 is 0.929 bits per heavy atom. The summed E-state index contributed by atoms with van der Waals surface area (Å²) in [5, 5.41) is 3.79. The Labute approximate surface area is 170 Å². The van der Waals surface area contributed by atoms with Gasteiger partial charge >= 0.3 is 0 Å². The Morgan fingerprint density at radius 3 is 2.50 bits per heavy atom. The number of halogens is 2. The second-order valence-electron chi connectivity index (χ2n) is 6.42. The molecule has 3 aromatic rings. The van der Waals surface area contributed by atoms with Crippen LogP contribution in [0.4, 0.5) is 4.39 Å². The van der Waals surface area contributed by atoms with E-state index in [9.17, 15) is 4.39 Å². The van der Waals surface area contributed by atoms with Gasteiger partial charge in [-0.3, -0.25) is 0 Å². The lowest BCUT2D eigenvalue weighted by atomic mass is 10.1. The highest BCUT2D eigenvalue weighted by Gasteiger charge is 2.08. The van der Waals surface area contributed by atoms with E-state index in [1.807, 2.05) is 24.3 Å². The molecule has 0 heterocycles. The van der Waals surface area contributed by atoms with Crippen LogP contribution in [0.3, 0.4) is 0 Å². The number of ether oxygens (including phenoxy) is 2. The second kappa shape index (κ2) is 10.1. The summed E-state index contributed by atoms with van der Waals surface area (Å²) in [5.74, 6) is 0.909. The topological polar surface area (TPSA) is 30.5 Å². The molecule has 0 saturated heterocycles. The van der Waals surface area contributed by atoms with E-state index in [0.29, 0.717) is 16.5 Å². The first kappa shape index (κ1) is 20.2. The molecule has 3 rings (SSSR count). The molecule has 0 atom stereocenters. The van der Waals surface area contributed by atoms with Gasteiger partial charge in [0.2, 0.25) is 0 Å². The van der Waals surface area contributed by atoms with Crippen molar-refractivity contribution in [3.8, 4) is 11.5 Å². The van der Waals surface area contributed by atoms with Crippen LogP contribution < -0.4 is 14.8 Å². The number of methoxy groups -OCH3 is 1. The van der Waals surface area contributed by atoms with Crippen molar-refractivity contribution in [1.82, 2.24) is 5.32 Å². The molecule has 0 unspecified atom stereocenters. The van der Waals surface area contributed by atoms with Crippen LogP contribution >= 0.6 is 11.6 Å². The molecular formula is C23H23ClFNO2. The molecule has 146 valence electrons. The molecule has 3 nitrogen and oxygen atoms in total. The monoisotopic (exact) mass is 399 g/mol. The van der Waals surface area contributed by atoms with Gasteiger partial charge in [0.1, 0.15) is 12.4 Å². The Hall–Kier alpha value is -2.56. The molecule has 0 aliphatic carbocycles. The van der Waals surface area contributed by atoms with Crippen molar-refractivity contribution in [3.05, 3.63) is 94.3 Å². The normalized spacial score (nSPS) is 10.7. The summed E-state index contributed by atoms with van der Waals surface area (Å²) < 4.78 is 24.4. The summed E-state index contributed by atoms with van der Waals surface area (Å²) in [6, 6.07) is 20.5. The van der Waals surface area contributed by atoms with E-state index < -0.39 is 0 Å². The zero-order chi connectivity index (χ0) is 19.8. The van der Waals surface area contributed by atoms with Gasteiger partial charge in [-0.25, -0.2) is 4.39 Å². The van der Waals surface area contributed by atoms with Crippen LogP contribution in [0.15, 0.2) is 66.7 Å². The van der Waals surface area contributed by atoms with Crippen LogP contribution in [0.2, 0.25) is 5.02 Å². The molecule has 3 aromatic carbocycles. The number of hydrogen-bond donors (Lipinski definition) is 1. The highest BCUT2D eigenvalue weighted by atomic mass is 35.5. The molecule has 0 fully saturated rings. The van der Waals surface area contributed by atoms with Gasteiger partial charge < -0.3 is 14.8 Å². The van der Waals surface area contributed by atoms with Crippen molar-refractivity contribution in [2.24, 2.45) is 0 Å². The van der Waals surface area contributed by atoms with Crippen LogP contribution in [-0.2, 0) is 19.6 Å². The molecule has 5 heteroatoms. The average molecular weight is 400 g/mol. The highest BCUT2D eigenvalue weighted by molar-refractivity contribution is 6.31. The van der Waals surface area contributed by atoms with Gasteiger partial charge in [0, 0.05) is 12.1 Å². The number of nitrogens with one attached hydrogen (secondary N) is 1. The molecule has 0 bridgehead atoms.